The van der Waals surface area contributed by atoms with E-state index < -0.39 is 18.2 Å². The van der Waals surface area contributed by atoms with Gasteiger partial charge in [-0.15, -0.1) is 0 Å². The number of nitrogens with one attached hydrogen (secondary N) is 1. The van der Waals surface area contributed by atoms with Crippen LogP contribution >= 0.6 is 0 Å². The molecular weight excluding hydrogens is 455 g/mol. The Balaban J connectivity index is 1.26. The summed E-state index contributed by atoms with van der Waals surface area (Å²) in [6.07, 6.45) is -1.47. The van der Waals surface area contributed by atoms with Gasteiger partial charge in [-0.25, -0.2) is 8.78 Å². The number of amides is 1. The SMILES string of the molecule is CC(NC(=O)C1CCC2C(CCCC2Oc2ccc(C(F)(F)F)cc2)C1)C1CN(CC(F)F)C1. The minimum absolute atomic E-state index is 0.0405. The first-order valence-electron chi connectivity index (χ1n) is 12.2. The Labute approximate surface area is 197 Å². The molecule has 2 aliphatic carbocycles. The zero-order chi connectivity index (χ0) is 24.5. The van der Waals surface area contributed by atoms with Crippen LogP contribution < -0.4 is 10.1 Å². The fourth-order valence-corrected chi connectivity index (χ4v) is 5.92. The molecule has 34 heavy (non-hydrogen) atoms. The van der Waals surface area contributed by atoms with Crippen LogP contribution in [0.3, 0.4) is 0 Å². The van der Waals surface area contributed by atoms with E-state index in [2.05, 4.69) is 5.32 Å². The van der Waals surface area contributed by atoms with Crippen molar-refractivity contribution < 1.29 is 31.5 Å². The van der Waals surface area contributed by atoms with Gasteiger partial charge in [0.15, 0.2) is 0 Å². The summed E-state index contributed by atoms with van der Waals surface area (Å²) >= 11 is 0. The van der Waals surface area contributed by atoms with Gasteiger partial charge in [0.2, 0.25) is 5.91 Å². The number of carbonyl (C=O) groups excluding carboxylic acids is 1. The van der Waals surface area contributed by atoms with E-state index >= 15 is 0 Å². The van der Waals surface area contributed by atoms with E-state index in [1.807, 2.05) is 6.92 Å². The summed E-state index contributed by atoms with van der Waals surface area (Å²) in [7, 11) is 0. The third kappa shape index (κ3) is 6.01. The summed E-state index contributed by atoms with van der Waals surface area (Å²) in [5, 5.41) is 3.11. The third-order valence-corrected chi connectivity index (χ3v) is 7.88. The van der Waals surface area contributed by atoms with Crippen molar-refractivity contribution in [3.05, 3.63) is 29.8 Å². The first kappa shape index (κ1) is 25.2. The van der Waals surface area contributed by atoms with E-state index in [1.54, 1.807) is 4.90 Å². The van der Waals surface area contributed by atoms with Crippen LogP contribution in [-0.4, -0.2) is 49.0 Å². The molecule has 5 unspecified atom stereocenters. The number of likely N-dealkylation sites (tertiary alicyclic amines) is 1. The molecule has 190 valence electrons. The predicted molar refractivity (Wildman–Crippen MR) is 118 cm³/mol. The molecule has 0 radical (unpaired) electrons. The van der Waals surface area contributed by atoms with Gasteiger partial charge in [0.1, 0.15) is 11.9 Å². The summed E-state index contributed by atoms with van der Waals surface area (Å²) in [6, 6.07) is 4.83. The topological polar surface area (TPSA) is 41.6 Å². The monoisotopic (exact) mass is 488 g/mol. The molecule has 1 heterocycles. The van der Waals surface area contributed by atoms with E-state index in [1.165, 1.54) is 12.1 Å². The zero-order valence-electron chi connectivity index (χ0n) is 19.4. The fourth-order valence-electron chi connectivity index (χ4n) is 5.92. The van der Waals surface area contributed by atoms with Crippen molar-refractivity contribution in [2.45, 2.75) is 70.2 Å². The quantitative estimate of drug-likeness (QED) is 0.525. The van der Waals surface area contributed by atoms with E-state index in [0.717, 1.165) is 50.7 Å². The van der Waals surface area contributed by atoms with Crippen molar-refractivity contribution in [1.29, 1.82) is 0 Å². The van der Waals surface area contributed by atoms with Gasteiger partial charge in [0.25, 0.3) is 6.43 Å². The lowest BCUT2D eigenvalue weighted by Crippen LogP contribution is -2.57. The number of benzene rings is 1. The largest absolute Gasteiger partial charge is 0.490 e. The van der Waals surface area contributed by atoms with Crippen molar-refractivity contribution in [1.82, 2.24) is 10.2 Å². The molecule has 0 aromatic heterocycles. The van der Waals surface area contributed by atoms with Crippen LogP contribution in [0, 0.1) is 23.7 Å². The number of hydrogen-bond donors (Lipinski definition) is 1. The Morgan fingerprint density at radius 1 is 1.12 bits per heavy atom. The summed E-state index contributed by atoms with van der Waals surface area (Å²) in [5.74, 6) is 1.30. The molecule has 1 saturated heterocycles. The maximum Gasteiger partial charge on any atom is 0.416 e. The molecule has 2 saturated carbocycles. The molecule has 1 aromatic carbocycles. The van der Waals surface area contributed by atoms with Crippen LogP contribution in [0.15, 0.2) is 24.3 Å². The van der Waals surface area contributed by atoms with E-state index in [-0.39, 0.29) is 36.4 Å². The number of rotatable bonds is 7. The molecule has 0 spiro atoms. The first-order valence-corrected chi connectivity index (χ1v) is 12.2. The summed E-state index contributed by atoms with van der Waals surface area (Å²) < 4.78 is 69.5. The van der Waals surface area contributed by atoms with Crippen LogP contribution in [0.1, 0.15) is 51.0 Å². The van der Waals surface area contributed by atoms with Gasteiger partial charge in [-0.3, -0.25) is 9.69 Å². The molecule has 1 aromatic rings. The summed E-state index contributed by atoms with van der Waals surface area (Å²) in [4.78, 5) is 14.6. The molecule has 1 aliphatic heterocycles. The van der Waals surface area contributed by atoms with Crippen molar-refractivity contribution in [3.8, 4) is 5.75 Å². The second kappa shape index (κ2) is 10.4. The Morgan fingerprint density at radius 3 is 2.47 bits per heavy atom. The second-order valence-electron chi connectivity index (χ2n) is 10.2. The number of carbonyl (C=O) groups is 1. The number of nitrogens with zero attached hydrogens (tertiary/aromatic N) is 1. The van der Waals surface area contributed by atoms with Crippen LogP contribution in [0.5, 0.6) is 5.75 Å². The van der Waals surface area contributed by atoms with E-state index in [4.69, 9.17) is 4.74 Å². The normalized spacial score (nSPS) is 29.3. The lowest BCUT2D eigenvalue weighted by molar-refractivity contribution is -0.137. The van der Waals surface area contributed by atoms with Gasteiger partial charge in [0.05, 0.1) is 12.1 Å². The van der Waals surface area contributed by atoms with Crippen molar-refractivity contribution in [2.24, 2.45) is 23.7 Å². The fraction of sp³-hybridized carbons (Fsp3) is 0.720. The number of fused-ring (bicyclic) bond motifs is 1. The van der Waals surface area contributed by atoms with Gasteiger partial charge in [-0.05, 0) is 81.5 Å². The molecule has 3 aliphatic rings. The Bertz CT molecular complexity index is 826. The van der Waals surface area contributed by atoms with Gasteiger partial charge in [0, 0.05) is 31.0 Å². The first-order chi connectivity index (χ1) is 16.1. The van der Waals surface area contributed by atoms with Gasteiger partial charge in [-0.1, -0.05) is 0 Å². The minimum atomic E-state index is -4.37. The maximum atomic E-state index is 12.9. The smallest absolute Gasteiger partial charge is 0.416 e. The molecule has 4 nitrogen and oxygen atoms in total. The number of hydrogen-bond acceptors (Lipinski definition) is 3. The minimum Gasteiger partial charge on any atom is -0.490 e. The number of ether oxygens (including phenoxy) is 1. The highest BCUT2D eigenvalue weighted by atomic mass is 19.4. The van der Waals surface area contributed by atoms with Crippen LogP contribution in [-0.2, 0) is 11.0 Å². The lowest BCUT2D eigenvalue weighted by atomic mass is 9.66. The molecule has 1 N–H and O–H groups in total. The van der Waals surface area contributed by atoms with Crippen LogP contribution in [0.25, 0.3) is 0 Å². The van der Waals surface area contributed by atoms with E-state index in [0.29, 0.717) is 30.7 Å². The van der Waals surface area contributed by atoms with E-state index in [9.17, 15) is 26.7 Å². The summed E-state index contributed by atoms with van der Waals surface area (Å²) in [5.41, 5.74) is -0.689. The summed E-state index contributed by atoms with van der Waals surface area (Å²) in [6.45, 7) is 2.91. The second-order valence-corrected chi connectivity index (χ2v) is 10.2. The maximum absolute atomic E-state index is 12.9. The zero-order valence-corrected chi connectivity index (χ0v) is 19.4. The molecule has 9 heteroatoms. The molecule has 3 fully saturated rings. The van der Waals surface area contributed by atoms with Crippen molar-refractivity contribution in [2.75, 3.05) is 19.6 Å². The van der Waals surface area contributed by atoms with Gasteiger partial charge < -0.3 is 10.1 Å². The Morgan fingerprint density at radius 2 is 1.82 bits per heavy atom. The Hall–Kier alpha value is -1.90. The van der Waals surface area contributed by atoms with Crippen molar-refractivity contribution >= 4 is 5.91 Å². The van der Waals surface area contributed by atoms with Crippen LogP contribution in [0.4, 0.5) is 22.0 Å². The highest BCUT2D eigenvalue weighted by Crippen LogP contribution is 2.44. The number of alkyl halides is 5. The molecule has 0 bridgehead atoms. The standard InChI is InChI=1S/C25H33F5N2O2/c1-15(18-12-32(13-18)14-23(26)27)31-24(33)17-5-10-21-16(11-17)3-2-4-22(21)34-20-8-6-19(7-9-20)25(28,29)30/h6-9,15-18,21-23H,2-5,10-14H2,1H3,(H,31,33). The van der Waals surface area contributed by atoms with Gasteiger partial charge >= 0.3 is 6.18 Å². The average Bonchev–Trinajstić information content (AvgIpc) is 2.75. The number of halogens is 5. The third-order valence-electron chi connectivity index (χ3n) is 7.88. The van der Waals surface area contributed by atoms with Gasteiger partial charge in [-0.2, -0.15) is 13.2 Å². The lowest BCUT2D eigenvalue weighted by Gasteiger charge is -2.44. The predicted octanol–water partition coefficient (Wildman–Crippen LogP) is 5.37. The Kier molecular flexibility index (Phi) is 7.69. The molecule has 5 atom stereocenters. The van der Waals surface area contributed by atoms with Crippen molar-refractivity contribution in [3.63, 3.8) is 0 Å². The highest BCUT2D eigenvalue weighted by molar-refractivity contribution is 5.79. The highest BCUT2D eigenvalue weighted by Gasteiger charge is 2.42. The average molecular weight is 489 g/mol. The molecule has 1 amide bonds. The molecular formula is C25H33F5N2O2. The van der Waals surface area contributed by atoms with Crippen LogP contribution in [0.2, 0.25) is 0 Å². The molecule has 4 rings (SSSR count).